The van der Waals surface area contributed by atoms with E-state index in [1.807, 2.05) is 6.92 Å². The zero-order valence-corrected chi connectivity index (χ0v) is 8.43. The lowest BCUT2D eigenvalue weighted by atomic mass is 9.66. The molecule has 74 valence electrons. The van der Waals surface area contributed by atoms with Crippen molar-refractivity contribution >= 4 is 23.1 Å². The van der Waals surface area contributed by atoms with Gasteiger partial charge < -0.3 is 5.11 Å². The number of Topliss-reactive ketones (excluding diaryl/α,β-unsaturated/α-hetero) is 1. The minimum atomic E-state index is -1.03. The molecule has 1 aliphatic rings. The highest BCUT2D eigenvalue weighted by atomic mass is 32.1. The van der Waals surface area contributed by atoms with Crippen LogP contribution in [0.3, 0.4) is 0 Å². The lowest BCUT2D eigenvalue weighted by Crippen LogP contribution is -2.48. The Morgan fingerprint density at radius 1 is 1.64 bits per heavy atom. The van der Waals surface area contributed by atoms with Crippen molar-refractivity contribution in [2.24, 2.45) is 0 Å². The van der Waals surface area contributed by atoms with E-state index in [9.17, 15) is 9.59 Å². The van der Waals surface area contributed by atoms with Gasteiger partial charge in [-0.1, -0.05) is 0 Å². The summed E-state index contributed by atoms with van der Waals surface area (Å²) < 4.78 is 0. The molecule has 14 heavy (non-hydrogen) atoms. The zero-order chi connectivity index (χ0) is 10.3. The number of carboxylic acid groups (broad SMARTS) is 1. The largest absolute Gasteiger partial charge is 0.481 e. The van der Waals surface area contributed by atoms with Crippen molar-refractivity contribution in [3.63, 3.8) is 0 Å². The van der Waals surface area contributed by atoms with E-state index in [0.29, 0.717) is 5.69 Å². The van der Waals surface area contributed by atoms with Crippen molar-refractivity contribution in [3.8, 4) is 0 Å². The van der Waals surface area contributed by atoms with E-state index in [4.69, 9.17) is 5.11 Å². The highest BCUT2D eigenvalue weighted by Gasteiger charge is 2.53. The molecule has 1 aromatic rings. The second-order valence-corrected chi connectivity index (χ2v) is 4.59. The Morgan fingerprint density at radius 3 is 2.64 bits per heavy atom. The number of aliphatic carboxylic acids is 1. The Bertz CT molecular complexity index is 402. The molecule has 0 bridgehead atoms. The van der Waals surface area contributed by atoms with Crippen LogP contribution in [0, 0.1) is 6.92 Å². The van der Waals surface area contributed by atoms with Gasteiger partial charge in [-0.3, -0.25) is 9.59 Å². The van der Waals surface area contributed by atoms with Gasteiger partial charge in [0, 0.05) is 18.2 Å². The molecule has 1 saturated carbocycles. The molecule has 0 unspecified atom stereocenters. The van der Waals surface area contributed by atoms with Crippen LogP contribution in [0.15, 0.2) is 5.38 Å². The number of thiazole rings is 1. The fraction of sp³-hybridized carbons (Fsp3) is 0.444. The molecule has 0 aromatic carbocycles. The highest BCUT2D eigenvalue weighted by Crippen LogP contribution is 2.41. The van der Waals surface area contributed by atoms with Crippen molar-refractivity contribution in [2.45, 2.75) is 25.2 Å². The Balaban J connectivity index is 2.38. The molecular weight excluding hydrogens is 202 g/mol. The maximum Gasteiger partial charge on any atom is 0.316 e. The number of aromatic nitrogens is 1. The Kier molecular flexibility index (Phi) is 1.92. The Morgan fingerprint density at radius 2 is 2.29 bits per heavy atom. The number of carboxylic acids is 1. The second kappa shape index (κ2) is 2.88. The molecule has 1 heterocycles. The molecule has 2 rings (SSSR count). The molecule has 1 N–H and O–H groups in total. The Hall–Kier alpha value is -1.23. The highest BCUT2D eigenvalue weighted by molar-refractivity contribution is 7.09. The van der Waals surface area contributed by atoms with E-state index in [-0.39, 0.29) is 18.6 Å². The molecule has 0 saturated heterocycles. The normalized spacial score (nSPS) is 19.1. The minimum absolute atomic E-state index is 0.00180. The molecule has 4 nitrogen and oxygen atoms in total. The third-order valence-electron chi connectivity index (χ3n) is 2.52. The first-order valence-corrected chi connectivity index (χ1v) is 5.10. The van der Waals surface area contributed by atoms with Gasteiger partial charge in [0.1, 0.15) is 11.2 Å². The van der Waals surface area contributed by atoms with Gasteiger partial charge in [0.2, 0.25) is 0 Å². The van der Waals surface area contributed by atoms with Crippen LogP contribution < -0.4 is 0 Å². The van der Waals surface area contributed by atoms with Gasteiger partial charge in [-0.15, -0.1) is 11.3 Å². The van der Waals surface area contributed by atoms with Crippen LogP contribution >= 0.6 is 11.3 Å². The van der Waals surface area contributed by atoms with Crippen LogP contribution in [0.4, 0.5) is 0 Å². The summed E-state index contributed by atoms with van der Waals surface area (Å²) in [6.45, 7) is 1.82. The minimum Gasteiger partial charge on any atom is -0.481 e. The first kappa shape index (κ1) is 9.33. The number of ketones is 1. The van der Waals surface area contributed by atoms with Crippen LogP contribution in [0.1, 0.15) is 23.5 Å². The Labute approximate surface area is 84.6 Å². The second-order valence-electron chi connectivity index (χ2n) is 3.53. The average Bonchev–Trinajstić information content (AvgIpc) is 2.45. The topological polar surface area (TPSA) is 67.3 Å². The van der Waals surface area contributed by atoms with Gasteiger partial charge in [0.05, 0.1) is 10.7 Å². The summed E-state index contributed by atoms with van der Waals surface area (Å²) in [4.78, 5) is 26.1. The molecule has 0 atom stereocenters. The summed E-state index contributed by atoms with van der Waals surface area (Å²) in [7, 11) is 0. The van der Waals surface area contributed by atoms with Crippen LogP contribution in [0.2, 0.25) is 0 Å². The van der Waals surface area contributed by atoms with E-state index in [0.717, 1.165) is 5.01 Å². The standard InChI is InChI=1S/C9H9NO3S/c1-5-10-7(4-14-5)9(8(12)13)2-6(11)3-9/h4H,2-3H2,1H3,(H,12,13). The number of hydrogen-bond donors (Lipinski definition) is 1. The maximum absolute atomic E-state index is 11.1. The SMILES string of the molecule is Cc1nc(C2(C(=O)O)CC(=O)C2)cs1. The van der Waals surface area contributed by atoms with Crippen molar-refractivity contribution < 1.29 is 14.7 Å². The van der Waals surface area contributed by atoms with Crippen LogP contribution in [0.25, 0.3) is 0 Å². The lowest BCUT2D eigenvalue weighted by molar-refractivity contribution is -0.153. The van der Waals surface area contributed by atoms with Gasteiger partial charge in [-0.2, -0.15) is 0 Å². The number of nitrogens with zero attached hydrogens (tertiary/aromatic N) is 1. The monoisotopic (exact) mass is 211 g/mol. The first-order chi connectivity index (χ1) is 6.54. The van der Waals surface area contributed by atoms with E-state index < -0.39 is 11.4 Å². The van der Waals surface area contributed by atoms with Gasteiger partial charge in [-0.25, -0.2) is 4.98 Å². The third-order valence-corrected chi connectivity index (χ3v) is 3.29. The molecule has 1 aromatic heterocycles. The zero-order valence-electron chi connectivity index (χ0n) is 7.61. The molecule has 0 spiro atoms. The van der Waals surface area contributed by atoms with Crippen molar-refractivity contribution in [1.29, 1.82) is 0 Å². The summed E-state index contributed by atoms with van der Waals surface area (Å²) in [6, 6.07) is 0. The fourth-order valence-corrected chi connectivity index (χ4v) is 2.36. The van der Waals surface area contributed by atoms with Gasteiger partial charge >= 0.3 is 5.97 Å². The molecule has 0 radical (unpaired) electrons. The predicted molar refractivity (Wildman–Crippen MR) is 50.4 cm³/mol. The predicted octanol–water partition coefficient (Wildman–Crippen LogP) is 1.14. The molecule has 0 amide bonds. The molecule has 0 aliphatic heterocycles. The van der Waals surface area contributed by atoms with Crippen LogP contribution in [0.5, 0.6) is 0 Å². The quantitative estimate of drug-likeness (QED) is 0.796. The van der Waals surface area contributed by atoms with Crippen molar-refractivity contribution in [1.82, 2.24) is 4.98 Å². The van der Waals surface area contributed by atoms with Crippen molar-refractivity contribution in [3.05, 3.63) is 16.1 Å². The average molecular weight is 211 g/mol. The molecule has 1 fully saturated rings. The van der Waals surface area contributed by atoms with Gasteiger partial charge in [0.15, 0.2) is 0 Å². The summed E-state index contributed by atoms with van der Waals surface area (Å²) in [5, 5.41) is 11.6. The molecule has 1 aliphatic carbocycles. The number of rotatable bonds is 2. The van der Waals surface area contributed by atoms with Crippen LogP contribution in [-0.4, -0.2) is 21.8 Å². The van der Waals surface area contributed by atoms with Gasteiger partial charge in [-0.05, 0) is 6.92 Å². The summed E-state index contributed by atoms with van der Waals surface area (Å²) >= 11 is 1.41. The maximum atomic E-state index is 11.1. The van der Waals surface area contributed by atoms with E-state index in [2.05, 4.69) is 4.98 Å². The van der Waals surface area contributed by atoms with E-state index in [1.165, 1.54) is 11.3 Å². The van der Waals surface area contributed by atoms with Crippen LogP contribution in [-0.2, 0) is 15.0 Å². The smallest absolute Gasteiger partial charge is 0.316 e. The molecular formula is C9H9NO3S. The fourth-order valence-electron chi connectivity index (χ4n) is 1.65. The number of hydrogen-bond acceptors (Lipinski definition) is 4. The summed E-state index contributed by atoms with van der Waals surface area (Å²) in [5.74, 6) is -0.944. The van der Waals surface area contributed by atoms with E-state index >= 15 is 0 Å². The number of aryl methyl sites for hydroxylation is 1. The number of carbonyl (C=O) groups is 2. The summed E-state index contributed by atoms with van der Waals surface area (Å²) in [5.41, 5.74) is -0.492. The van der Waals surface area contributed by atoms with Crippen molar-refractivity contribution in [2.75, 3.05) is 0 Å². The lowest BCUT2D eigenvalue weighted by Gasteiger charge is -2.34. The summed E-state index contributed by atoms with van der Waals surface area (Å²) in [6.07, 6.45) is 0.178. The third kappa shape index (κ3) is 1.16. The van der Waals surface area contributed by atoms with Gasteiger partial charge in [0.25, 0.3) is 0 Å². The van der Waals surface area contributed by atoms with E-state index in [1.54, 1.807) is 5.38 Å². The molecule has 5 heteroatoms. The first-order valence-electron chi connectivity index (χ1n) is 4.22. The number of carbonyl (C=O) groups excluding carboxylic acids is 1.